The molecule has 0 aliphatic carbocycles. The molecule has 21 heteroatoms. The van der Waals surface area contributed by atoms with E-state index in [1.807, 2.05) is 13.0 Å². The molecule has 0 saturated carbocycles. The number of amides is 3. The number of benzene rings is 1. The fourth-order valence-electron chi connectivity index (χ4n) is 6.12. The van der Waals surface area contributed by atoms with E-state index in [0.29, 0.717) is 34.7 Å². The molecule has 0 spiro atoms. The predicted octanol–water partition coefficient (Wildman–Crippen LogP) is 3.08. The number of nitrogens with zero attached hydrogens (tertiary/aromatic N) is 5. The van der Waals surface area contributed by atoms with Gasteiger partial charge in [0.15, 0.2) is 29.1 Å². The van der Waals surface area contributed by atoms with Crippen LogP contribution in [0.3, 0.4) is 0 Å². The molecule has 1 saturated heterocycles. The number of anilines is 1. The van der Waals surface area contributed by atoms with Gasteiger partial charge < -0.3 is 44.9 Å². The summed E-state index contributed by atoms with van der Waals surface area (Å²) in [7, 11) is 1.32. The van der Waals surface area contributed by atoms with Crippen molar-refractivity contribution in [2.24, 2.45) is 5.92 Å². The Morgan fingerprint density at radius 1 is 1.25 bits per heavy atom. The summed E-state index contributed by atoms with van der Waals surface area (Å²) in [5.74, 6) is -2.04. The molecule has 5 N–H and O–H groups in total. The lowest BCUT2D eigenvalue weighted by Gasteiger charge is -2.31. The van der Waals surface area contributed by atoms with Gasteiger partial charge >= 0.3 is 18.8 Å². The Kier molecular flexibility index (Phi) is 12.4. The standard InChI is InChI=1S/C34H41N8O11PS/c1-19-12-26(42-17-38-27-30(35)36-16-37-31(27)42)51-25(19)15-50-54(47,55-18-49-33(45)23(40-21(3)44)13-22-8-6-5-7-9-22)53-28-24(14-43)52-32(29(28)48-4)41-11-10-20(2)39-34(41)46/h5-11,16-17,19,23,25-26,29,32,43H,2,12-15,18H2,1,3-4H3,(H,39,46)(H,40,44)(H2,35,36,37)/t19?,23?,25-,26?,29?,32-,54?/m1/s1. The van der Waals surface area contributed by atoms with Gasteiger partial charge in [0.05, 0.1) is 19.0 Å². The van der Waals surface area contributed by atoms with Gasteiger partial charge in [0.1, 0.15) is 36.7 Å². The fourth-order valence-corrected chi connectivity index (χ4v) is 8.72. The number of allylic oxidation sites excluding steroid dienone is 1. The van der Waals surface area contributed by atoms with E-state index in [1.165, 1.54) is 32.6 Å². The van der Waals surface area contributed by atoms with Crippen LogP contribution in [0.4, 0.5) is 10.6 Å². The highest BCUT2D eigenvalue weighted by Crippen LogP contribution is 2.63. The number of methoxy groups -OCH3 is 1. The smallest absolute Gasteiger partial charge is 0.443 e. The minimum atomic E-state index is -4.41. The molecule has 7 atom stereocenters. The van der Waals surface area contributed by atoms with Crippen molar-refractivity contribution in [3.63, 3.8) is 0 Å². The lowest BCUT2D eigenvalue weighted by atomic mass is 10.0. The largest absolute Gasteiger partial charge is 0.465 e. The highest BCUT2D eigenvalue weighted by molar-refractivity contribution is 8.55. The van der Waals surface area contributed by atoms with E-state index in [9.17, 15) is 24.1 Å². The Bertz CT molecular complexity index is 2030. The van der Waals surface area contributed by atoms with Gasteiger partial charge in [-0.3, -0.25) is 18.8 Å². The zero-order valence-corrected chi connectivity index (χ0v) is 31.8. The number of aliphatic hydroxyl groups is 1. The van der Waals surface area contributed by atoms with Crippen molar-refractivity contribution >= 4 is 53.1 Å². The summed E-state index contributed by atoms with van der Waals surface area (Å²) in [6.07, 6.45) is 3.00. The van der Waals surface area contributed by atoms with E-state index in [0.717, 1.165) is 10.5 Å². The highest BCUT2D eigenvalue weighted by atomic mass is 32.7. The Morgan fingerprint density at radius 3 is 2.75 bits per heavy atom. The second kappa shape index (κ2) is 17.2. The molecule has 5 unspecified atom stereocenters. The summed E-state index contributed by atoms with van der Waals surface area (Å²) >= 11 is 0.539. The Balaban J connectivity index is 1.20. The van der Waals surface area contributed by atoms with Gasteiger partial charge in [-0.1, -0.05) is 43.8 Å². The minimum Gasteiger partial charge on any atom is -0.465 e. The number of aliphatic hydroxyl groups excluding tert-OH is 1. The SMILES string of the molecule is C=C1C=CN([C@@H]2OC(CO)=C(OP(=O)(OC[C@H]3OC(n4cnc5c(N)ncnc54)CC3C)SCOC(=O)C(Cc3ccccc3)NC(C)=O)C2OC)C(=O)N1. The van der Waals surface area contributed by atoms with Crippen molar-refractivity contribution in [1.29, 1.82) is 0 Å². The Labute approximate surface area is 319 Å². The third-order valence-electron chi connectivity index (χ3n) is 8.87. The van der Waals surface area contributed by atoms with Gasteiger partial charge in [0.2, 0.25) is 12.1 Å². The molecule has 55 heavy (non-hydrogen) atoms. The number of nitrogens with two attached hydrogens (primary N) is 1. The van der Waals surface area contributed by atoms with E-state index in [4.69, 9.17) is 33.7 Å². The van der Waals surface area contributed by atoms with Crippen LogP contribution in [0.15, 0.2) is 79.1 Å². The first kappa shape index (κ1) is 39.7. The number of ether oxygens (including phenoxy) is 4. The number of nitrogens with one attached hydrogen (secondary N) is 2. The maximum Gasteiger partial charge on any atom is 0.443 e. The summed E-state index contributed by atoms with van der Waals surface area (Å²) in [5.41, 5.74) is 7.99. The van der Waals surface area contributed by atoms with E-state index in [-0.39, 0.29) is 36.3 Å². The molecule has 19 nitrogen and oxygen atoms in total. The average Bonchev–Trinajstić information content (AvgIpc) is 3.85. The second-order valence-electron chi connectivity index (χ2n) is 12.7. The molecule has 3 amide bonds. The van der Waals surface area contributed by atoms with Crippen LogP contribution < -0.4 is 16.4 Å². The minimum absolute atomic E-state index is 0.119. The number of fused-ring (bicyclic) bond motifs is 1. The predicted molar refractivity (Wildman–Crippen MR) is 197 cm³/mol. The van der Waals surface area contributed by atoms with Crippen LogP contribution in [0.5, 0.6) is 0 Å². The number of esters is 1. The van der Waals surface area contributed by atoms with Gasteiger partial charge in [-0.25, -0.2) is 29.1 Å². The van der Waals surface area contributed by atoms with Crippen molar-refractivity contribution in [2.45, 2.75) is 57.4 Å². The van der Waals surface area contributed by atoms with Crippen molar-refractivity contribution in [3.05, 3.63) is 84.6 Å². The van der Waals surface area contributed by atoms with Gasteiger partial charge in [-0.05, 0) is 24.0 Å². The van der Waals surface area contributed by atoms with Gasteiger partial charge in [-0.2, -0.15) is 0 Å². The number of carbonyl (C=O) groups is 3. The zero-order chi connectivity index (χ0) is 39.3. The highest BCUT2D eigenvalue weighted by Gasteiger charge is 2.48. The molecular formula is C34H41N8O11PS. The molecule has 3 aromatic rings. The van der Waals surface area contributed by atoms with E-state index in [1.54, 1.807) is 35.2 Å². The van der Waals surface area contributed by atoms with Crippen LogP contribution in [-0.2, 0) is 48.6 Å². The van der Waals surface area contributed by atoms with Crippen molar-refractivity contribution in [2.75, 3.05) is 32.0 Å². The number of rotatable bonds is 16. The van der Waals surface area contributed by atoms with Crippen molar-refractivity contribution in [1.82, 2.24) is 35.1 Å². The van der Waals surface area contributed by atoms with Crippen LogP contribution >= 0.6 is 18.2 Å². The number of urea groups is 1. The summed E-state index contributed by atoms with van der Waals surface area (Å²) < 4.78 is 51.8. The van der Waals surface area contributed by atoms with Crippen LogP contribution in [0.25, 0.3) is 11.2 Å². The summed E-state index contributed by atoms with van der Waals surface area (Å²) in [4.78, 5) is 51.8. The molecule has 1 fully saturated rings. The first-order chi connectivity index (χ1) is 26.4. The molecule has 0 radical (unpaired) electrons. The molecule has 294 valence electrons. The number of hydrogen-bond acceptors (Lipinski definition) is 16. The number of carbonyl (C=O) groups excluding carboxylic acids is 3. The van der Waals surface area contributed by atoms with Crippen molar-refractivity contribution < 1.29 is 52.1 Å². The van der Waals surface area contributed by atoms with Gasteiger partial charge in [-0.15, -0.1) is 0 Å². The number of aromatic nitrogens is 4. The van der Waals surface area contributed by atoms with Crippen LogP contribution in [0.1, 0.15) is 32.1 Å². The Morgan fingerprint density at radius 2 is 2.04 bits per heavy atom. The normalized spacial score (nSPS) is 24.0. The topological polar surface area (TPSA) is 241 Å². The number of nitrogen functional groups attached to an aromatic ring is 1. The van der Waals surface area contributed by atoms with Crippen LogP contribution in [0, 0.1) is 5.92 Å². The molecule has 1 aromatic carbocycles. The lowest BCUT2D eigenvalue weighted by Crippen LogP contribution is -2.49. The van der Waals surface area contributed by atoms with E-state index in [2.05, 4.69) is 32.2 Å². The molecule has 2 aromatic heterocycles. The number of imidazole rings is 1. The fraction of sp³-hybridized carbons (Fsp3) is 0.412. The summed E-state index contributed by atoms with van der Waals surface area (Å²) in [6.45, 7) is 1.55. The maximum atomic E-state index is 14.7. The molecule has 5 heterocycles. The first-order valence-corrected chi connectivity index (χ1v) is 20.2. The third-order valence-corrected chi connectivity index (χ3v) is 12.1. The molecule has 3 aliphatic rings. The summed E-state index contributed by atoms with van der Waals surface area (Å²) in [5, 5.41) is 15.4. The zero-order valence-electron chi connectivity index (χ0n) is 30.1. The quantitative estimate of drug-likeness (QED) is 0.0925. The monoisotopic (exact) mass is 800 g/mol. The van der Waals surface area contributed by atoms with Crippen LogP contribution in [-0.4, -0.2) is 98.2 Å². The van der Waals surface area contributed by atoms with Crippen molar-refractivity contribution in [3.8, 4) is 0 Å². The van der Waals surface area contributed by atoms with Crippen LogP contribution in [0.2, 0.25) is 0 Å². The van der Waals surface area contributed by atoms with Gasteiger partial charge in [0, 0.05) is 43.7 Å². The first-order valence-electron chi connectivity index (χ1n) is 17.0. The van der Waals surface area contributed by atoms with E-state index >= 15 is 0 Å². The number of hydrogen-bond donors (Lipinski definition) is 4. The third kappa shape index (κ3) is 9.12. The molecule has 0 bridgehead atoms. The molecule has 3 aliphatic heterocycles. The van der Waals surface area contributed by atoms with Gasteiger partial charge in [0.25, 0.3) is 0 Å². The van der Waals surface area contributed by atoms with E-state index < -0.39 is 68.0 Å². The lowest BCUT2D eigenvalue weighted by molar-refractivity contribution is -0.145. The summed E-state index contributed by atoms with van der Waals surface area (Å²) in [6, 6.07) is 7.39. The second-order valence-corrected chi connectivity index (χ2v) is 16.6. The Hall–Kier alpha value is -4.98. The molecular weight excluding hydrogens is 759 g/mol. The maximum absolute atomic E-state index is 14.7. The molecule has 6 rings (SSSR count). The average molecular weight is 801 g/mol.